The SMILES string of the molecule is O=C(OCc1ccc(C(=O)N2CCCC2)cc1)c1cc(Cl)c2c(c1)OCCO2. The lowest BCUT2D eigenvalue weighted by molar-refractivity contribution is 0.0471. The number of esters is 1. The lowest BCUT2D eigenvalue weighted by Crippen LogP contribution is -2.27. The normalized spacial score (nSPS) is 15.4. The lowest BCUT2D eigenvalue weighted by atomic mass is 10.1. The number of likely N-dealkylation sites (tertiary alicyclic amines) is 1. The van der Waals surface area contributed by atoms with Crippen molar-refractivity contribution in [3.8, 4) is 11.5 Å². The van der Waals surface area contributed by atoms with E-state index in [1.807, 2.05) is 4.90 Å². The zero-order chi connectivity index (χ0) is 19.5. The number of hydrogen-bond acceptors (Lipinski definition) is 5. The lowest BCUT2D eigenvalue weighted by Gasteiger charge is -2.20. The van der Waals surface area contributed by atoms with Crippen LogP contribution in [-0.2, 0) is 11.3 Å². The number of fused-ring (bicyclic) bond motifs is 1. The molecule has 7 heteroatoms. The molecule has 0 saturated carbocycles. The fraction of sp³-hybridized carbons (Fsp3) is 0.333. The van der Waals surface area contributed by atoms with Gasteiger partial charge in [-0.15, -0.1) is 0 Å². The Morgan fingerprint density at radius 3 is 2.46 bits per heavy atom. The van der Waals surface area contributed by atoms with Crippen molar-refractivity contribution in [1.82, 2.24) is 4.90 Å². The van der Waals surface area contributed by atoms with E-state index in [9.17, 15) is 9.59 Å². The van der Waals surface area contributed by atoms with Crippen molar-refractivity contribution in [1.29, 1.82) is 0 Å². The fourth-order valence-electron chi connectivity index (χ4n) is 3.31. The zero-order valence-electron chi connectivity index (χ0n) is 15.3. The number of rotatable bonds is 4. The molecule has 0 aromatic heterocycles. The first-order chi connectivity index (χ1) is 13.6. The molecule has 28 heavy (non-hydrogen) atoms. The standard InChI is InChI=1S/C21H20ClNO5/c22-17-11-16(12-18-19(17)27-10-9-26-18)21(25)28-13-14-3-5-15(6-4-14)20(24)23-7-1-2-8-23/h3-6,11-12H,1-2,7-10,13H2. The molecule has 0 radical (unpaired) electrons. The Morgan fingerprint density at radius 2 is 1.71 bits per heavy atom. The molecule has 0 bridgehead atoms. The summed E-state index contributed by atoms with van der Waals surface area (Å²) in [6.45, 7) is 2.56. The van der Waals surface area contributed by atoms with Gasteiger partial charge in [-0.3, -0.25) is 4.79 Å². The Labute approximate surface area is 167 Å². The predicted molar refractivity (Wildman–Crippen MR) is 103 cm³/mol. The van der Waals surface area contributed by atoms with E-state index in [2.05, 4.69) is 0 Å². The maximum Gasteiger partial charge on any atom is 0.338 e. The van der Waals surface area contributed by atoms with Crippen molar-refractivity contribution in [2.24, 2.45) is 0 Å². The van der Waals surface area contributed by atoms with Crippen LogP contribution >= 0.6 is 11.6 Å². The van der Waals surface area contributed by atoms with Gasteiger partial charge in [0.1, 0.15) is 19.8 Å². The summed E-state index contributed by atoms with van der Waals surface area (Å²) in [5.41, 5.74) is 1.75. The van der Waals surface area contributed by atoms with Crippen LogP contribution in [0.4, 0.5) is 0 Å². The number of nitrogens with zero attached hydrogens (tertiary/aromatic N) is 1. The summed E-state index contributed by atoms with van der Waals surface area (Å²) in [6, 6.07) is 10.2. The van der Waals surface area contributed by atoms with E-state index in [1.54, 1.807) is 30.3 Å². The van der Waals surface area contributed by atoms with Crippen LogP contribution in [0, 0.1) is 0 Å². The average Bonchev–Trinajstić information content (AvgIpc) is 3.27. The van der Waals surface area contributed by atoms with E-state index in [4.69, 9.17) is 25.8 Å². The molecule has 2 aromatic rings. The molecule has 4 rings (SSSR count). The van der Waals surface area contributed by atoms with E-state index in [-0.39, 0.29) is 12.5 Å². The maximum atomic E-state index is 12.4. The monoisotopic (exact) mass is 401 g/mol. The van der Waals surface area contributed by atoms with E-state index < -0.39 is 5.97 Å². The smallest absolute Gasteiger partial charge is 0.338 e. The van der Waals surface area contributed by atoms with Gasteiger partial charge < -0.3 is 19.1 Å². The van der Waals surface area contributed by atoms with Gasteiger partial charge in [0.15, 0.2) is 11.5 Å². The van der Waals surface area contributed by atoms with Gasteiger partial charge in [0.2, 0.25) is 0 Å². The van der Waals surface area contributed by atoms with Gasteiger partial charge in [0.25, 0.3) is 5.91 Å². The fourth-order valence-corrected chi connectivity index (χ4v) is 3.57. The Balaban J connectivity index is 1.38. The largest absolute Gasteiger partial charge is 0.486 e. The number of carbonyl (C=O) groups excluding carboxylic acids is 2. The molecule has 6 nitrogen and oxygen atoms in total. The summed E-state index contributed by atoms with van der Waals surface area (Å²) < 4.78 is 16.3. The van der Waals surface area contributed by atoms with Gasteiger partial charge in [0, 0.05) is 18.7 Å². The average molecular weight is 402 g/mol. The number of ether oxygens (including phenoxy) is 3. The van der Waals surface area contributed by atoms with Crippen LogP contribution in [-0.4, -0.2) is 43.1 Å². The third-order valence-electron chi connectivity index (χ3n) is 4.80. The van der Waals surface area contributed by atoms with Gasteiger partial charge in [-0.25, -0.2) is 4.79 Å². The highest BCUT2D eigenvalue weighted by atomic mass is 35.5. The van der Waals surface area contributed by atoms with Crippen molar-refractivity contribution in [2.75, 3.05) is 26.3 Å². The van der Waals surface area contributed by atoms with Crippen LogP contribution < -0.4 is 9.47 Å². The molecule has 0 N–H and O–H groups in total. The Hall–Kier alpha value is -2.73. The molecule has 2 aliphatic heterocycles. The van der Waals surface area contributed by atoms with Crippen LogP contribution in [0.25, 0.3) is 0 Å². The molecular formula is C21H20ClNO5. The summed E-state index contributed by atoms with van der Waals surface area (Å²) in [5.74, 6) is 0.432. The minimum Gasteiger partial charge on any atom is -0.486 e. The third kappa shape index (κ3) is 3.92. The van der Waals surface area contributed by atoms with Crippen molar-refractivity contribution >= 4 is 23.5 Å². The molecule has 0 unspecified atom stereocenters. The van der Waals surface area contributed by atoms with Crippen LogP contribution in [0.15, 0.2) is 36.4 Å². The Bertz CT molecular complexity index is 890. The van der Waals surface area contributed by atoms with E-state index in [1.165, 1.54) is 6.07 Å². The van der Waals surface area contributed by atoms with Gasteiger partial charge in [-0.1, -0.05) is 23.7 Å². The summed E-state index contributed by atoms with van der Waals surface area (Å²) in [6.07, 6.45) is 2.12. The van der Waals surface area contributed by atoms with Gasteiger partial charge in [-0.05, 0) is 42.7 Å². The van der Waals surface area contributed by atoms with Gasteiger partial charge >= 0.3 is 5.97 Å². The van der Waals surface area contributed by atoms with Crippen molar-refractivity contribution in [3.63, 3.8) is 0 Å². The molecule has 0 aliphatic carbocycles. The Kier molecular flexibility index (Phi) is 5.39. The number of benzene rings is 2. The van der Waals surface area contributed by atoms with Crippen molar-refractivity contribution in [2.45, 2.75) is 19.4 Å². The molecule has 2 aliphatic rings. The molecule has 1 amide bonds. The molecule has 2 aromatic carbocycles. The number of carbonyl (C=O) groups is 2. The number of hydrogen-bond donors (Lipinski definition) is 0. The number of amides is 1. The van der Waals surface area contributed by atoms with Gasteiger partial charge in [0.05, 0.1) is 10.6 Å². The highest BCUT2D eigenvalue weighted by molar-refractivity contribution is 6.32. The minimum atomic E-state index is -0.504. The summed E-state index contributed by atoms with van der Waals surface area (Å²) in [5, 5.41) is 0.314. The second-order valence-corrected chi connectivity index (χ2v) is 7.16. The second kappa shape index (κ2) is 8.10. The first-order valence-corrected chi connectivity index (χ1v) is 9.64. The van der Waals surface area contributed by atoms with Gasteiger partial charge in [-0.2, -0.15) is 0 Å². The highest BCUT2D eigenvalue weighted by Gasteiger charge is 2.21. The minimum absolute atomic E-state index is 0.0481. The molecular weight excluding hydrogens is 382 g/mol. The van der Waals surface area contributed by atoms with Crippen molar-refractivity contribution in [3.05, 3.63) is 58.1 Å². The van der Waals surface area contributed by atoms with Crippen LogP contribution in [0.1, 0.15) is 39.1 Å². The van der Waals surface area contributed by atoms with E-state index in [0.29, 0.717) is 40.9 Å². The molecule has 1 fully saturated rings. The molecule has 0 spiro atoms. The van der Waals surface area contributed by atoms with Crippen LogP contribution in [0.3, 0.4) is 0 Å². The summed E-state index contributed by atoms with van der Waals surface area (Å²) in [4.78, 5) is 26.6. The van der Waals surface area contributed by atoms with Crippen LogP contribution in [0.2, 0.25) is 5.02 Å². The third-order valence-corrected chi connectivity index (χ3v) is 5.08. The Morgan fingerprint density at radius 1 is 1.00 bits per heavy atom. The summed E-state index contributed by atoms with van der Waals surface area (Å²) >= 11 is 6.16. The van der Waals surface area contributed by atoms with E-state index in [0.717, 1.165) is 31.5 Å². The molecule has 2 heterocycles. The number of halogens is 1. The van der Waals surface area contributed by atoms with E-state index >= 15 is 0 Å². The highest BCUT2D eigenvalue weighted by Crippen LogP contribution is 2.38. The first kappa shape index (κ1) is 18.6. The van der Waals surface area contributed by atoms with Crippen molar-refractivity contribution < 1.29 is 23.8 Å². The molecule has 0 atom stereocenters. The van der Waals surface area contributed by atoms with Crippen LogP contribution in [0.5, 0.6) is 11.5 Å². The molecule has 1 saturated heterocycles. The summed E-state index contributed by atoms with van der Waals surface area (Å²) in [7, 11) is 0. The first-order valence-electron chi connectivity index (χ1n) is 9.26. The maximum absolute atomic E-state index is 12.4. The zero-order valence-corrected chi connectivity index (χ0v) is 16.0. The second-order valence-electron chi connectivity index (χ2n) is 6.75. The topological polar surface area (TPSA) is 65.1 Å². The predicted octanol–water partition coefficient (Wildman–Crippen LogP) is 3.70. The quantitative estimate of drug-likeness (QED) is 0.731. The molecule has 146 valence electrons.